The lowest BCUT2D eigenvalue weighted by Gasteiger charge is -2.12. The van der Waals surface area contributed by atoms with Crippen LogP contribution in [0.3, 0.4) is 0 Å². The Labute approximate surface area is 169 Å². The lowest BCUT2D eigenvalue weighted by Crippen LogP contribution is -2.07. The van der Waals surface area contributed by atoms with Gasteiger partial charge in [-0.05, 0) is 37.6 Å². The van der Waals surface area contributed by atoms with Crippen LogP contribution in [-0.2, 0) is 6.18 Å². The summed E-state index contributed by atoms with van der Waals surface area (Å²) in [5.74, 6) is 0.509. The molecule has 1 aromatic carbocycles. The Hall–Kier alpha value is -3.82. The fourth-order valence-electron chi connectivity index (χ4n) is 3.01. The fourth-order valence-corrected chi connectivity index (χ4v) is 3.01. The summed E-state index contributed by atoms with van der Waals surface area (Å²) in [6.45, 7) is 3.22. The van der Waals surface area contributed by atoms with E-state index in [4.69, 9.17) is 5.73 Å². The summed E-state index contributed by atoms with van der Waals surface area (Å²) in [6, 6.07) is 5.67. The van der Waals surface area contributed by atoms with Gasteiger partial charge in [-0.1, -0.05) is 6.07 Å². The van der Waals surface area contributed by atoms with Crippen molar-refractivity contribution in [3.63, 3.8) is 0 Å². The summed E-state index contributed by atoms with van der Waals surface area (Å²) < 4.78 is 40.8. The van der Waals surface area contributed by atoms with Gasteiger partial charge in [0.25, 0.3) is 0 Å². The molecule has 0 radical (unpaired) electrons. The number of aryl methyl sites for hydroxylation is 2. The highest BCUT2D eigenvalue weighted by molar-refractivity contribution is 5.62. The molecule has 0 aliphatic heterocycles. The summed E-state index contributed by atoms with van der Waals surface area (Å²) in [5.41, 5.74) is 8.00. The summed E-state index contributed by atoms with van der Waals surface area (Å²) in [7, 11) is 0. The minimum atomic E-state index is -4.39. The third kappa shape index (κ3) is 3.84. The molecule has 0 bridgehead atoms. The van der Waals surface area contributed by atoms with Gasteiger partial charge in [-0.3, -0.25) is 4.57 Å². The highest BCUT2D eigenvalue weighted by Crippen LogP contribution is 2.33. The Kier molecular flexibility index (Phi) is 4.69. The Morgan fingerprint density at radius 3 is 2.30 bits per heavy atom. The minimum Gasteiger partial charge on any atom is -0.368 e. The minimum absolute atomic E-state index is 0.131. The van der Waals surface area contributed by atoms with E-state index in [1.807, 2.05) is 0 Å². The number of nitrogens with two attached hydrogens (primary N) is 1. The second-order valence-corrected chi connectivity index (χ2v) is 6.72. The number of rotatable bonds is 3. The highest BCUT2D eigenvalue weighted by atomic mass is 19.4. The molecule has 7 nitrogen and oxygen atoms in total. The predicted octanol–water partition coefficient (Wildman–Crippen LogP) is 4.00. The van der Waals surface area contributed by atoms with E-state index >= 15 is 0 Å². The number of hydrogen-bond donors (Lipinski definition) is 1. The fraction of sp³-hybridized carbons (Fsp3) is 0.150. The topological polar surface area (TPSA) is 95.4 Å². The average Bonchev–Trinajstić information content (AvgIpc) is 3.17. The largest absolute Gasteiger partial charge is 0.416 e. The molecule has 0 amide bonds. The summed E-state index contributed by atoms with van der Waals surface area (Å²) in [4.78, 5) is 21.1. The number of nitrogens with zero attached hydrogens (tertiary/aromatic N) is 6. The van der Waals surface area contributed by atoms with Crippen LogP contribution >= 0.6 is 0 Å². The Bertz CT molecular complexity index is 1210. The number of nitrogen functional groups attached to an aromatic ring is 1. The molecular formula is C20H16F3N7. The monoisotopic (exact) mass is 411 g/mol. The van der Waals surface area contributed by atoms with Crippen LogP contribution in [0.4, 0.5) is 19.1 Å². The predicted molar refractivity (Wildman–Crippen MR) is 105 cm³/mol. The number of hydrogen-bond acceptors (Lipinski definition) is 6. The third-order valence-electron chi connectivity index (χ3n) is 4.45. The van der Waals surface area contributed by atoms with Crippen molar-refractivity contribution in [2.45, 2.75) is 20.0 Å². The van der Waals surface area contributed by atoms with Gasteiger partial charge in [-0.15, -0.1) is 0 Å². The first-order valence-electron chi connectivity index (χ1n) is 8.87. The second kappa shape index (κ2) is 7.21. The number of benzene rings is 1. The highest BCUT2D eigenvalue weighted by Gasteiger charge is 2.32. The van der Waals surface area contributed by atoms with Gasteiger partial charge in [-0.25, -0.2) is 24.9 Å². The average molecular weight is 411 g/mol. The lowest BCUT2D eigenvalue weighted by atomic mass is 10.0. The van der Waals surface area contributed by atoms with E-state index in [1.165, 1.54) is 19.1 Å². The molecule has 0 fully saturated rings. The quantitative estimate of drug-likeness (QED) is 0.547. The Morgan fingerprint density at radius 1 is 0.900 bits per heavy atom. The molecule has 4 aromatic rings. The van der Waals surface area contributed by atoms with E-state index < -0.39 is 11.7 Å². The zero-order valence-corrected chi connectivity index (χ0v) is 16.0. The molecule has 0 saturated heterocycles. The number of anilines is 1. The molecule has 10 heteroatoms. The maximum atomic E-state index is 13.0. The van der Waals surface area contributed by atoms with Crippen molar-refractivity contribution in [1.29, 1.82) is 0 Å². The zero-order chi connectivity index (χ0) is 21.5. The number of halogens is 3. The molecule has 2 N–H and O–H groups in total. The van der Waals surface area contributed by atoms with Crippen LogP contribution < -0.4 is 5.73 Å². The van der Waals surface area contributed by atoms with Crippen molar-refractivity contribution in [3.8, 4) is 28.5 Å². The molecule has 0 aliphatic rings. The molecule has 0 spiro atoms. The molecule has 0 aliphatic carbocycles. The first kappa shape index (κ1) is 19.5. The summed E-state index contributed by atoms with van der Waals surface area (Å²) in [6.07, 6.45) is 1.98. The number of imidazole rings is 1. The summed E-state index contributed by atoms with van der Waals surface area (Å²) >= 11 is 0. The van der Waals surface area contributed by atoms with Crippen LogP contribution in [0.5, 0.6) is 0 Å². The van der Waals surface area contributed by atoms with Crippen molar-refractivity contribution in [3.05, 3.63) is 66.0 Å². The van der Waals surface area contributed by atoms with Crippen molar-refractivity contribution >= 4 is 5.95 Å². The van der Waals surface area contributed by atoms with Gasteiger partial charge in [0.15, 0.2) is 0 Å². The van der Waals surface area contributed by atoms with Gasteiger partial charge in [0.1, 0.15) is 6.33 Å². The standard InChI is InChI=1S/C20H16F3N7/c1-11-5-13(3-4-15(11)20(21,22)23)16-6-12(2)28-19(29-16)30-9-17(27-10-30)14-7-25-18(24)26-8-14/h3-10H,1-2H3,(H2,24,25,26). The first-order chi connectivity index (χ1) is 14.2. The molecule has 0 unspecified atom stereocenters. The summed E-state index contributed by atoms with van der Waals surface area (Å²) in [5, 5.41) is 0. The molecule has 152 valence electrons. The molecule has 4 rings (SSSR count). The Balaban J connectivity index is 1.71. The van der Waals surface area contributed by atoms with E-state index in [0.717, 1.165) is 6.07 Å². The van der Waals surface area contributed by atoms with Crippen molar-refractivity contribution in [2.75, 3.05) is 5.73 Å². The lowest BCUT2D eigenvalue weighted by molar-refractivity contribution is -0.138. The zero-order valence-electron chi connectivity index (χ0n) is 16.0. The first-order valence-corrected chi connectivity index (χ1v) is 8.87. The van der Waals surface area contributed by atoms with Gasteiger partial charge in [0, 0.05) is 35.4 Å². The second-order valence-electron chi connectivity index (χ2n) is 6.72. The van der Waals surface area contributed by atoms with Crippen molar-refractivity contribution < 1.29 is 13.2 Å². The van der Waals surface area contributed by atoms with Gasteiger partial charge in [-0.2, -0.15) is 13.2 Å². The maximum absolute atomic E-state index is 13.0. The van der Waals surface area contributed by atoms with Gasteiger partial charge < -0.3 is 5.73 Å². The normalized spacial score (nSPS) is 11.6. The molecule has 0 atom stereocenters. The van der Waals surface area contributed by atoms with Crippen LogP contribution in [0.15, 0.2) is 49.2 Å². The van der Waals surface area contributed by atoms with Gasteiger partial charge in [0.05, 0.1) is 17.0 Å². The third-order valence-corrected chi connectivity index (χ3v) is 4.45. The van der Waals surface area contributed by atoms with E-state index in [9.17, 15) is 13.2 Å². The molecule has 30 heavy (non-hydrogen) atoms. The number of alkyl halides is 3. The van der Waals surface area contributed by atoms with Crippen LogP contribution in [-0.4, -0.2) is 29.5 Å². The molecule has 3 aromatic heterocycles. The van der Waals surface area contributed by atoms with Crippen LogP contribution in [0, 0.1) is 13.8 Å². The van der Waals surface area contributed by atoms with Gasteiger partial charge in [0.2, 0.25) is 11.9 Å². The van der Waals surface area contributed by atoms with Crippen LogP contribution in [0.1, 0.15) is 16.8 Å². The van der Waals surface area contributed by atoms with E-state index in [0.29, 0.717) is 34.2 Å². The van der Waals surface area contributed by atoms with E-state index in [1.54, 1.807) is 42.5 Å². The molecular weight excluding hydrogens is 395 g/mol. The smallest absolute Gasteiger partial charge is 0.368 e. The maximum Gasteiger partial charge on any atom is 0.416 e. The van der Waals surface area contributed by atoms with Crippen LogP contribution in [0.2, 0.25) is 0 Å². The molecule has 0 saturated carbocycles. The van der Waals surface area contributed by atoms with E-state index in [2.05, 4.69) is 24.9 Å². The van der Waals surface area contributed by atoms with Crippen molar-refractivity contribution in [1.82, 2.24) is 29.5 Å². The van der Waals surface area contributed by atoms with Crippen LogP contribution in [0.25, 0.3) is 28.5 Å². The Morgan fingerprint density at radius 2 is 1.63 bits per heavy atom. The van der Waals surface area contributed by atoms with Gasteiger partial charge >= 0.3 is 6.18 Å². The number of aromatic nitrogens is 6. The SMILES string of the molecule is Cc1cc(-c2ccc(C(F)(F)F)c(C)c2)nc(-n2cnc(-c3cnc(N)nc3)c2)n1. The molecule has 3 heterocycles. The van der Waals surface area contributed by atoms with E-state index in [-0.39, 0.29) is 11.5 Å². The van der Waals surface area contributed by atoms with Crippen molar-refractivity contribution in [2.24, 2.45) is 0 Å².